The van der Waals surface area contributed by atoms with Crippen LogP contribution in [0.1, 0.15) is 29.0 Å². The number of carbonyl (C=O) groups is 1. The third-order valence-corrected chi connectivity index (χ3v) is 7.55. The lowest BCUT2D eigenvalue weighted by molar-refractivity contribution is 0.0364. The Balaban J connectivity index is 1.03. The average molecular weight is 540 g/mol. The summed E-state index contributed by atoms with van der Waals surface area (Å²) in [4.78, 5) is 12.3. The molecule has 1 aliphatic rings. The number of fused-ring (bicyclic) bond motifs is 3. The van der Waals surface area contributed by atoms with Crippen LogP contribution in [-0.4, -0.2) is 60.7 Å². The predicted molar refractivity (Wildman–Crippen MR) is 144 cm³/mol. The zero-order valence-corrected chi connectivity index (χ0v) is 22.2. The monoisotopic (exact) mass is 539 g/mol. The van der Waals surface area contributed by atoms with Crippen LogP contribution in [0.25, 0.3) is 11.1 Å². The van der Waals surface area contributed by atoms with Crippen molar-refractivity contribution < 1.29 is 31.6 Å². The number of nitrogens with one attached hydrogen (secondary N) is 1. The van der Waals surface area contributed by atoms with E-state index in [0.29, 0.717) is 32.8 Å². The Morgan fingerprint density at radius 2 is 1.37 bits per heavy atom. The Morgan fingerprint density at radius 1 is 0.789 bits per heavy atom. The molecule has 0 bridgehead atoms. The van der Waals surface area contributed by atoms with E-state index < -0.39 is 16.2 Å². The van der Waals surface area contributed by atoms with Crippen molar-refractivity contribution in [2.45, 2.75) is 24.2 Å². The van der Waals surface area contributed by atoms with E-state index in [1.807, 2.05) is 31.2 Å². The van der Waals surface area contributed by atoms with E-state index in [-0.39, 0.29) is 30.6 Å². The van der Waals surface area contributed by atoms with Crippen LogP contribution >= 0.6 is 0 Å². The first kappa shape index (κ1) is 27.8. The fraction of sp³-hybridized carbons (Fsp3) is 0.345. The molecule has 0 spiro atoms. The lowest BCUT2D eigenvalue weighted by Crippen LogP contribution is -2.27. The third-order valence-electron chi connectivity index (χ3n) is 6.23. The lowest BCUT2D eigenvalue weighted by atomic mass is 9.98. The number of hydrogen-bond acceptors (Lipinski definition) is 7. The van der Waals surface area contributed by atoms with Gasteiger partial charge < -0.3 is 19.5 Å². The molecule has 9 heteroatoms. The lowest BCUT2D eigenvalue weighted by Gasteiger charge is -2.14. The Bertz CT molecular complexity index is 1260. The summed E-state index contributed by atoms with van der Waals surface area (Å²) in [6.45, 7) is 3.78. The fourth-order valence-electron chi connectivity index (χ4n) is 4.31. The highest BCUT2D eigenvalue weighted by Crippen LogP contribution is 2.44. The van der Waals surface area contributed by atoms with E-state index in [1.165, 1.54) is 34.4 Å². The second-order valence-electron chi connectivity index (χ2n) is 8.92. The molecule has 202 valence electrons. The van der Waals surface area contributed by atoms with Crippen molar-refractivity contribution >= 4 is 16.2 Å². The standard InChI is InChI=1S/C29H33NO7S/c1-22-11-13-23(14-12-22)38(32,33)37-20-19-35-18-17-34-16-6-15-30-29(31)36-21-28-26-9-4-2-7-24(26)25-8-3-5-10-27(25)28/h2-5,7-14,28H,6,15-21H2,1H3,(H,30,31). The quantitative estimate of drug-likeness (QED) is 0.235. The molecule has 0 aliphatic heterocycles. The summed E-state index contributed by atoms with van der Waals surface area (Å²) in [5.41, 5.74) is 5.71. The first-order valence-electron chi connectivity index (χ1n) is 12.7. The molecule has 3 aromatic rings. The van der Waals surface area contributed by atoms with Gasteiger partial charge in [0.15, 0.2) is 0 Å². The van der Waals surface area contributed by atoms with Crippen molar-refractivity contribution in [2.24, 2.45) is 0 Å². The molecule has 8 nitrogen and oxygen atoms in total. The summed E-state index contributed by atoms with van der Waals surface area (Å²) < 4.78 is 45.5. The normalized spacial score (nSPS) is 12.7. The molecule has 0 saturated carbocycles. The van der Waals surface area contributed by atoms with Crippen LogP contribution in [0.2, 0.25) is 0 Å². The van der Waals surface area contributed by atoms with Crippen molar-refractivity contribution in [3.63, 3.8) is 0 Å². The molecular formula is C29H33NO7S. The van der Waals surface area contributed by atoms with Gasteiger partial charge in [-0.1, -0.05) is 66.2 Å². The van der Waals surface area contributed by atoms with Crippen LogP contribution in [0.4, 0.5) is 4.79 Å². The van der Waals surface area contributed by atoms with Gasteiger partial charge in [0.25, 0.3) is 10.1 Å². The van der Waals surface area contributed by atoms with Crippen molar-refractivity contribution in [2.75, 3.05) is 46.2 Å². The van der Waals surface area contributed by atoms with Crippen molar-refractivity contribution in [3.05, 3.63) is 89.5 Å². The van der Waals surface area contributed by atoms with Crippen LogP contribution < -0.4 is 5.32 Å². The van der Waals surface area contributed by atoms with Crippen molar-refractivity contribution in [3.8, 4) is 11.1 Å². The van der Waals surface area contributed by atoms with Crippen molar-refractivity contribution in [1.29, 1.82) is 0 Å². The van der Waals surface area contributed by atoms with Gasteiger partial charge >= 0.3 is 6.09 Å². The summed E-state index contributed by atoms with van der Waals surface area (Å²) in [5.74, 6) is 0.0320. The maximum absolute atomic E-state index is 12.2. The summed E-state index contributed by atoms with van der Waals surface area (Å²) in [5, 5.41) is 2.76. The molecule has 0 radical (unpaired) electrons. The first-order valence-corrected chi connectivity index (χ1v) is 14.1. The molecule has 1 aliphatic carbocycles. The maximum atomic E-state index is 12.2. The topological polar surface area (TPSA) is 100 Å². The van der Waals surface area contributed by atoms with Gasteiger partial charge in [-0.3, -0.25) is 4.18 Å². The van der Waals surface area contributed by atoms with Gasteiger partial charge in [0.05, 0.1) is 31.3 Å². The molecule has 3 aromatic carbocycles. The summed E-state index contributed by atoms with van der Waals surface area (Å²) in [6.07, 6.45) is 0.179. The molecule has 0 unspecified atom stereocenters. The fourth-order valence-corrected chi connectivity index (χ4v) is 5.20. The number of aryl methyl sites for hydroxylation is 1. The van der Waals surface area contributed by atoms with E-state index in [0.717, 1.165) is 5.56 Å². The average Bonchev–Trinajstić information content (AvgIpc) is 3.24. The number of alkyl carbamates (subject to hydrolysis) is 1. The molecule has 0 atom stereocenters. The molecule has 4 rings (SSSR count). The minimum absolute atomic E-state index is 0.0320. The Morgan fingerprint density at radius 3 is 2.03 bits per heavy atom. The largest absolute Gasteiger partial charge is 0.449 e. The van der Waals surface area contributed by atoms with E-state index >= 15 is 0 Å². The molecule has 1 amide bonds. The highest BCUT2D eigenvalue weighted by molar-refractivity contribution is 7.86. The van der Waals surface area contributed by atoms with Crippen LogP contribution in [-0.2, 0) is 28.5 Å². The molecule has 0 saturated heterocycles. The summed E-state index contributed by atoms with van der Waals surface area (Å²) in [7, 11) is -3.78. The molecule has 0 fully saturated rings. The molecule has 0 heterocycles. The minimum atomic E-state index is -3.78. The highest BCUT2D eigenvalue weighted by Gasteiger charge is 2.28. The number of carbonyl (C=O) groups excluding carboxylic acids is 1. The van der Waals surface area contributed by atoms with E-state index in [2.05, 4.69) is 29.6 Å². The van der Waals surface area contributed by atoms with E-state index in [4.69, 9.17) is 18.4 Å². The molecule has 1 N–H and O–H groups in total. The van der Waals surface area contributed by atoms with Gasteiger partial charge in [0.2, 0.25) is 0 Å². The zero-order chi connectivity index (χ0) is 26.8. The number of rotatable bonds is 14. The zero-order valence-electron chi connectivity index (χ0n) is 21.4. The summed E-state index contributed by atoms with van der Waals surface area (Å²) in [6, 6.07) is 22.9. The SMILES string of the molecule is Cc1ccc(S(=O)(=O)OCCOCCOCCCNC(=O)OCC2c3ccccc3-c3ccccc32)cc1. The van der Waals surface area contributed by atoms with Gasteiger partial charge in [-0.2, -0.15) is 8.42 Å². The number of hydrogen-bond donors (Lipinski definition) is 1. The number of ether oxygens (including phenoxy) is 3. The van der Waals surface area contributed by atoms with Crippen LogP contribution in [0, 0.1) is 6.92 Å². The van der Waals surface area contributed by atoms with Crippen LogP contribution in [0.3, 0.4) is 0 Å². The highest BCUT2D eigenvalue weighted by atomic mass is 32.2. The smallest absolute Gasteiger partial charge is 0.407 e. The minimum Gasteiger partial charge on any atom is -0.449 e. The maximum Gasteiger partial charge on any atom is 0.407 e. The molecule has 0 aromatic heterocycles. The van der Waals surface area contributed by atoms with Crippen LogP contribution in [0.15, 0.2) is 77.7 Å². The van der Waals surface area contributed by atoms with Gasteiger partial charge in [-0.25, -0.2) is 4.79 Å². The summed E-state index contributed by atoms with van der Waals surface area (Å²) >= 11 is 0. The second-order valence-corrected chi connectivity index (χ2v) is 10.5. The molecular weight excluding hydrogens is 506 g/mol. The molecule has 38 heavy (non-hydrogen) atoms. The second kappa shape index (κ2) is 13.5. The van der Waals surface area contributed by atoms with Gasteiger partial charge in [-0.15, -0.1) is 0 Å². The van der Waals surface area contributed by atoms with Gasteiger partial charge in [-0.05, 0) is 47.7 Å². The number of benzene rings is 3. The van der Waals surface area contributed by atoms with E-state index in [9.17, 15) is 13.2 Å². The third kappa shape index (κ3) is 7.41. The van der Waals surface area contributed by atoms with Crippen LogP contribution in [0.5, 0.6) is 0 Å². The first-order chi connectivity index (χ1) is 18.5. The number of amides is 1. The Hall–Kier alpha value is -3.24. The van der Waals surface area contributed by atoms with E-state index in [1.54, 1.807) is 12.1 Å². The van der Waals surface area contributed by atoms with Crippen molar-refractivity contribution in [1.82, 2.24) is 5.32 Å². The predicted octanol–water partition coefficient (Wildman–Crippen LogP) is 4.66. The Kier molecular flexibility index (Phi) is 9.89. The van der Waals surface area contributed by atoms with Gasteiger partial charge in [0, 0.05) is 19.1 Å². The van der Waals surface area contributed by atoms with Gasteiger partial charge in [0.1, 0.15) is 6.61 Å². The Labute approximate surface area is 224 Å².